The van der Waals surface area contributed by atoms with Gasteiger partial charge in [-0.1, -0.05) is 11.6 Å². The molecule has 1 saturated heterocycles. The van der Waals surface area contributed by atoms with Crippen molar-refractivity contribution in [1.29, 1.82) is 5.26 Å². The maximum atomic E-state index is 7.32. The zero-order valence-electron chi connectivity index (χ0n) is 5.93. The van der Waals surface area contributed by atoms with Gasteiger partial charge in [-0.15, -0.1) is 0 Å². The number of nitriles is 1. The summed E-state index contributed by atoms with van der Waals surface area (Å²) in [5.74, 6) is 0. The predicted octanol–water partition coefficient (Wildman–Crippen LogP) is 0.701. The zero-order valence-corrected chi connectivity index (χ0v) is 6.69. The number of nitrogens with one attached hydrogen (secondary N) is 1. The molecule has 0 aliphatic carbocycles. The third kappa shape index (κ3) is 5.83. The van der Waals surface area contributed by atoms with Crippen molar-refractivity contribution in [2.24, 2.45) is 0 Å². The Bertz CT molecular complexity index is 107. The molecule has 1 unspecified atom stereocenters. The molecule has 0 amide bonds. The molecule has 1 aliphatic heterocycles. The van der Waals surface area contributed by atoms with E-state index < -0.39 is 0 Å². The van der Waals surface area contributed by atoms with Gasteiger partial charge in [0.15, 0.2) is 0 Å². The van der Waals surface area contributed by atoms with Crippen LogP contribution in [-0.4, -0.2) is 25.3 Å². The van der Waals surface area contributed by atoms with Gasteiger partial charge < -0.3 is 10.1 Å². The standard InChI is InChI=1S/C4H8ClNO.C2H3N/c5-4-3-6-1-2-7-4;1-2-3/h4,6H,1-3H2;1H3. The summed E-state index contributed by atoms with van der Waals surface area (Å²) in [6.07, 6.45) is 0. The highest BCUT2D eigenvalue weighted by Crippen LogP contribution is 1.98. The zero-order chi connectivity index (χ0) is 7.82. The second-order valence-corrected chi connectivity index (χ2v) is 2.20. The van der Waals surface area contributed by atoms with Crippen LogP contribution in [0.4, 0.5) is 0 Å². The molecule has 1 rings (SSSR count). The molecule has 1 fully saturated rings. The van der Waals surface area contributed by atoms with Crippen LogP contribution in [-0.2, 0) is 4.74 Å². The maximum Gasteiger partial charge on any atom is 0.143 e. The lowest BCUT2D eigenvalue weighted by Crippen LogP contribution is -2.35. The van der Waals surface area contributed by atoms with Gasteiger partial charge in [-0.25, -0.2) is 0 Å². The number of morpholine rings is 1. The average molecular weight is 163 g/mol. The number of nitrogens with zero attached hydrogens (tertiary/aromatic N) is 1. The average Bonchev–Trinajstić information content (AvgIpc) is 1.91. The minimum atomic E-state index is -0.103. The Kier molecular flexibility index (Phi) is 6.61. The fourth-order valence-electron chi connectivity index (χ4n) is 0.533. The summed E-state index contributed by atoms with van der Waals surface area (Å²) < 4.78 is 4.98. The van der Waals surface area contributed by atoms with Gasteiger partial charge in [-0.3, -0.25) is 0 Å². The quantitative estimate of drug-likeness (QED) is 0.534. The first-order valence-electron chi connectivity index (χ1n) is 3.08. The monoisotopic (exact) mass is 162 g/mol. The van der Waals surface area contributed by atoms with Crippen molar-refractivity contribution in [1.82, 2.24) is 5.32 Å². The first kappa shape index (κ1) is 9.70. The van der Waals surface area contributed by atoms with Crippen LogP contribution in [0.5, 0.6) is 0 Å². The lowest BCUT2D eigenvalue weighted by atomic mass is 10.5. The van der Waals surface area contributed by atoms with Crippen LogP contribution < -0.4 is 5.32 Å². The largest absolute Gasteiger partial charge is 0.360 e. The first-order chi connectivity index (χ1) is 4.81. The lowest BCUT2D eigenvalue weighted by Gasteiger charge is -2.17. The third-order valence-corrected chi connectivity index (χ3v) is 1.16. The predicted molar refractivity (Wildman–Crippen MR) is 39.7 cm³/mol. The molecule has 1 heterocycles. The molecule has 0 aromatic carbocycles. The number of ether oxygens (including phenoxy) is 1. The van der Waals surface area contributed by atoms with Crippen LogP contribution in [0, 0.1) is 11.3 Å². The Morgan fingerprint density at radius 2 is 2.40 bits per heavy atom. The molecule has 3 nitrogen and oxygen atoms in total. The van der Waals surface area contributed by atoms with Crippen LogP contribution in [0.2, 0.25) is 0 Å². The molecular weight excluding hydrogens is 152 g/mol. The number of rotatable bonds is 0. The molecule has 1 atom stereocenters. The van der Waals surface area contributed by atoms with Gasteiger partial charge in [0.25, 0.3) is 0 Å². The topological polar surface area (TPSA) is 45.0 Å². The minimum Gasteiger partial charge on any atom is -0.360 e. The van der Waals surface area contributed by atoms with E-state index in [0.717, 1.165) is 19.7 Å². The normalized spacial score (nSPS) is 23.9. The van der Waals surface area contributed by atoms with Crippen LogP contribution >= 0.6 is 11.6 Å². The molecule has 0 saturated carbocycles. The summed E-state index contributed by atoms with van der Waals surface area (Å²) in [4.78, 5) is 0. The van der Waals surface area contributed by atoms with Gasteiger partial charge in [-0.2, -0.15) is 5.26 Å². The summed E-state index contributed by atoms with van der Waals surface area (Å²) in [6, 6.07) is 1.75. The molecular formula is C6H11ClN2O. The van der Waals surface area contributed by atoms with Crippen LogP contribution in [0.15, 0.2) is 0 Å². The van der Waals surface area contributed by atoms with Crippen LogP contribution in [0.3, 0.4) is 0 Å². The van der Waals surface area contributed by atoms with E-state index in [-0.39, 0.29) is 5.56 Å². The molecule has 58 valence electrons. The Labute approximate surface area is 65.9 Å². The van der Waals surface area contributed by atoms with E-state index in [9.17, 15) is 0 Å². The fourth-order valence-corrected chi connectivity index (χ4v) is 0.732. The summed E-state index contributed by atoms with van der Waals surface area (Å²) in [5.41, 5.74) is -0.103. The van der Waals surface area contributed by atoms with Crippen molar-refractivity contribution in [3.63, 3.8) is 0 Å². The highest BCUT2D eigenvalue weighted by molar-refractivity contribution is 6.19. The summed E-state index contributed by atoms with van der Waals surface area (Å²) in [6.45, 7) is 3.89. The molecule has 0 bridgehead atoms. The molecule has 0 aromatic rings. The van der Waals surface area contributed by atoms with Gasteiger partial charge in [0.05, 0.1) is 12.7 Å². The van der Waals surface area contributed by atoms with Gasteiger partial charge in [0.2, 0.25) is 0 Å². The molecule has 10 heavy (non-hydrogen) atoms. The summed E-state index contributed by atoms with van der Waals surface area (Å²) >= 11 is 5.53. The Balaban J connectivity index is 0.000000236. The van der Waals surface area contributed by atoms with E-state index in [1.807, 2.05) is 0 Å². The second kappa shape index (κ2) is 6.81. The number of hydrogen-bond acceptors (Lipinski definition) is 3. The number of halogens is 1. The van der Waals surface area contributed by atoms with Crippen molar-refractivity contribution >= 4 is 11.6 Å². The van der Waals surface area contributed by atoms with Crippen LogP contribution in [0.1, 0.15) is 6.92 Å². The Hall–Kier alpha value is -0.300. The van der Waals surface area contributed by atoms with Gasteiger partial charge in [-0.05, 0) is 0 Å². The van der Waals surface area contributed by atoms with E-state index in [1.54, 1.807) is 6.07 Å². The van der Waals surface area contributed by atoms with Gasteiger partial charge in [0.1, 0.15) is 5.56 Å². The van der Waals surface area contributed by atoms with Crippen molar-refractivity contribution in [2.75, 3.05) is 19.7 Å². The highest BCUT2D eigenvalue weighted by Gasteiger charge is 2.07. The number of alkyl halides is 1. The maximum absolute atomic E-state index is 7.32. The fraction of sp³-hybridized carbons (Fsp3) is 0.833. The van der Waals surface area contributed by atoms with E-state index in [1.165, 1.54) is 6.92 Å². The van der Waals surface area contributed by atoms with E-state index in [4.69, 9.17) is 21.6 Å². The lowest BCUT2D eigenvalue weighted by molar-refractivity contribution is 0.0804. The van der Waals surface area contributed by atoms with Gasteiger partial charge in [0, 0.05) is 20.0 Å². The van der Waals surface area contributed by atoms with E-state index in [0.29, 0.717) is 0 Å². The van der Waals surface area contributed by atoms with Crippen molar-refractivity contribution in [3.8, 4) is 6.07 Å². The summed E-state index contributed by atoms with van der Waals surface area (Å²) in [7, 11) is 0. The van der Waals surface area contributed by atoms with E-state index in [2.05, 4.69) is 5.32 Å². The van der Waals surface area contributed by atoms with E-state index >= 15 is 0 Å². The smallest absolute Gasteiger partial charge is 0.143 e. The molecule has 0 aromatic heterocycles. The second-order valence-electron chi connectivity index (χ2n) is 1.71. The minimum absolute atomic E-state index is 0.103. The first-order valence-corrected chi connectivity index (χ1v) is 3.52. The van der Waals surface area contributed by atoms with Gasteiger partial charge >= 0.3 is 0 Å². The highest BCUT2D eigenvalue weighted by atomic mass is 35.5. The van der Waals surface area contributed by atoms with Crippen molar-refractivity contribution < 1.29 is 4.74 Å². The molecule has 1 aliphatic rings. The molecule has 0 radical (unpaired) electrons. The Morgan fingerprint density at radius 1 is 1.80 bits per heavy atom. The molecule has 1 N–H and O–H groups in total. The molecule has 4 heteroatoms. The van der Waals surface area contributed by atoms with Crippen LogP contribution in [0.25, 0.3) is 0 Å². The summed E-state index contributed by atoms with van der Waals surface area (Å²) in [5, 5.41) is 10.4. The van der Waals surface area contributed by atoms with Crippen molar-refractivity contribution in [3.05, 3.63) is 0 Å². The number of hydrogen-bond donors (Lipinski definition) is 1. The molecule has 0 spiro atoms. The SMILES string of the molecule is CC#N.ClC1CNCCO1. The van der Waals surface area contributed by atoms with Crippen molar-refractivity contribution in [2.45, 2.75) is 12.5 Å². The third-order valence-electron chi connectivity index (χ3n) is 0.882. The Morgan fingerprint density at radius 3 is 2.60 bits per heavy atom.